The van der Waals surface area contributed by atoms with Crippen molar-refractivity contribution in [3.8, 4) is 0 Å². The Bertz CT molecular complexity index is 150. The van der Waals surface area contributed by atoms with Crippen molar-refractivity contribution in [3.05, 3.63) is 0 Å². The van der Waals surface area contributed by atoms with Gasteiger partial charge in [0, 0.05) is 0 Å². The molecule has 1 fully saturated rings. The minimum absolute atomic E-state index is 0.470. The molecule has 0 aromatic carbocycles. The molecule has 4 unspecified atom stereocenters. The molecule has 1 rings (SSSR count). The van der Waals surface area contributed by atoms with E-state index in [0.717, 1.165) is 0 Å². The zero-order chi connectivity index (χ0) is 9.30. The van der Waals surface area contributed by atoms with E-state index < -0.39 is 37.3 Å². The molecule has 0 spiro atoms. The van der Waals surface area contributed by atoms with E-state index in [1.165, 1.54) is 0 Å². The van der Waals surface area contributed by atoms with E-state index in [0.29, 0.717) is 0 Å². The Morgan fingerprint density at radius 1 is 1.17 bits per heavy atom. The Labute approximate surface area is 69.2 Å². The van der Waals surface area contributed by atoms with E-state index in [4.69, 9.17) is 20.7 Å². The van der Waals surface area contributed by atoms with Crippen LogP contribution in [0.1, 0.15) is 0 Å². The van der Waals surface area contributed by atoms with Crippen LogP contribution in [0, 0.1) is 0 Å². The Kier molecular flexibility index (Phi) is 2.99. The van der Waals surface area contributed by atoms with Crippen molar-refractivity contribution in [2.45, 2.75) is 30.6 Å². The third-order valence-electron chi connectivity index (χ3n) is 1.95. The summed E-state index contributed by atoms with van der Waals surface area (Å²) in [6, 6.07) is -1.04. The van der Waals surface area contributed by atoms with Crippen LogP contribution in [-0.4, -0.2) is 57.7 Å². The molecule has 1 saturated heterocycles. The predicted octanol–water partition coefficient (Wildman–Crippen LogP) is -3.25. The Morgan fingerprint density at radius 3 is 2.25 bits per heavy atom. The number of aliphatic hydroxyl groups excluding tert-OH is 4. The van der Waals surface area contributed by atoms with Crippen LogP contribution in [0.4, 0.5) is 0 Å². The van der Waals surface area contributed by atoms with E-state index in [9.17, 15) is 10.2 Å². The third kappa shape index (κ3) is 1.58. The summed E-state index contributed by atoms with van der Waals surface area (Å²) in [5.41, 5.74) is 5.26. The highest BCUT2D eigenvalue weighted by Gasteiger charge is 2.41. The maximum Gasteiger partial charge on any atom is 0.173 e. The topological polar surface area (TPSA) is 116 Å². The van der Waals surface area contributed by atoms with Crippen LogP contribution in [0.5, 0.6) is 0 Å². The summed E-state index contributed by atoms with van der Waals surface area (Å²) in [4.78, 5) is 0. The zero-order valence-electron chi connectivity index (χ0n) is 6.37. The lowest BCUT2D eigenvalue weighted by molar-refractivity contribution is -0.248. The molecular formula is C6H13NO5. The first-order valence-electron chi connectivity index (χ1n) is 3.64. The average Bonchev–Trinajstić information content (AvgIpc) is 2.08. The monoisotopic (exact) mass is 179 g/mol. The van der Waals surface area contributed by atoms with Crippen molar-refractivity contribution in [1.29, 1.82) is 0 Å². The molecule has 12 heavy (non-hydrogen) atoms. The molecule has 0 aliphatic carbocycles. The maximum atomic E-state index is 9.20. The van der Waals surface area contributed by atoms with Crippen LogP contribution in [0.15, 0.2) is 0 Å². The molecule has 72 valence electrons. The smallest absolute Gasteiger partial charge is 0.173 e. The van der Waals surface area contributed by atoms with Gasteiger partial charge in [0.05, 0.1) is 12.6 Å². The molecule has 6 nitrogen and oxygen atoms in total. The highest BCUT2D eigenvalue weighted by molar-refractivity contribution is 4.90. The van der Waals surface area contributed by atoms with Crippen LogP contribution >= 0.6 is 0 Å². The minimum Gasteiger partial charge on any atom is -0.394 e. The van der Waals surface area contributed by atoms with Crippen LogP contribution in [0.3, 0.4) is 0 Å². The first-order valence-corrected chi connectivity index (χ1v) is 3.64. The van der Waals surface area contributed by atoms with E-state index in [2.05, 4.69) is 0 Å². The summed E-state index contributed by atoms with van der Waals surface area (Å²) < 4.78 is 4.70. The number of hydrogen-bond donors (Lipinski definition) is 5. The van der Waals surface area contributed by atoms with Gasteiger partial charge in [0.25, 0.3) is 0 Å². The summed E-state index contributed by atoms with van der Waals surface area (Å²) in [5.74, 6) is 0. The van der Waals surface area contributed by atoms with Gasteiger partial charge >= 0.3 is 0 Å². The van der Waals surface area contributed by atoms with Crippen molar-refractivity contribution in [2.75, 3.05) is 6.61 Å². The largest absolute Gasteiger partial charge is 0.394 e. The summed E-state index contributed by atoms with van der Waals surface area (Å²) in [7, 11) is 0. The zero-order valence-corrected chi connectivity index (χ0v) is 6.37. The van der Waals surface area contributed by atoms with Crippen molar-refractivity contribution >= 4 is 0 Å². The van der Waals surface area contributed by atoms with Crippen LogP contribution in [-0.2, 0) is 4.74 Å². The van der Waals surface area contributed by atoms with Gasteiger partial charge in [-0.1, -0.05) is 0 Å². The quantitative estimate of drug-likeness (QED) is 0.288. The Hall–Kier alpha value is -0.240. The van der Waals surface area contributed by atoms with Crippen LogP contribution in [0.25, 0.3) is 0 Å². The van der Waals surface area contributed by atoms with Gasteiger partial charge in [0.15, 0.2) is 6.29 Å². The van der Waals surface area contributed by atoms with Crippen molar-refractivity contribution in [2.24, 2.45) is 5.73 Å². The molecular weight excluding hydrogens is 166 g/mol. The molecule has 0 bridgehead atoms. The highest BCUT2D eigenvalue weighted by Crippen LogP contribution is 2.17. The second kappa shape index (κ2) is 3.65. The third-order valence-corrected chi connectivity index (χ3v) is 1.95. The van der Waals surface area contributed by atoms with Gasteiger partial charge in [-0.25, -0.2) is 0 Å². The summed E-state index contributed by atoms with van der Waals surface area (Å²) in [6.45, 7) is -0.470. The van der Waals surface area contributed by atoms with E-state index in [-0.39, 0.29) is 0 Å². The number of nitrogens with two attached hydrogens (primary N) is 1. The molecule has 0 saturated carbocycles. The maximum absolute atomic E-state index is 9.20. The molecule has 0 aromatic heterocycles. The minimum atomic E-state index is -1.35. The highest BCUT2D eigenvalue weighted by atomic mass is 16.6. The molecule has 0 amide bonds. The molecule has 6 heteroatoms. The van der Waals surface area contributed by atoms with Gasteiger partial charge < -0.3 is 30.9 Å². The summed E-state index contributed by atoms with van der Waals surface area (Å²) in [5, 5.41) is 36.1. The van der Waals surface area contributed by atoms with Crippen molar-refractivity contribution in [3.63, 3.8) is 0 Å². The number of rotatable bonds is 1. The first kappa shape index (κ1) is 9.85. The fraction of sp³-hybridized carbons (Fsp3) is 1.00. The number of ether oxygens (including phenoxy) is 1. The van der Waals surface area contributed by atoms with Gasteiger partial charge in [-0.3, -0.25) is 0 Å². The lowest BCUT2D eigenvalue weighted by atomic mass is 9.98. The molecule has 0 radical (unpaired) electrons. The molecule has 1 heterocycles. The van der Waals surface area contributed by atoms with Crippen LogP contribution < -0.4 is 5.73 Å². The molecule has 5 atom stereocenters. The predicted molar refractivity (Wildman–Crippen MR) is 38.0 cm³/mol. The van der Waals surface area contributed by atoms with Crippen molar-refractivity contribution < 1.29 is 25.2 Å². The number of hydrogen-bond acceptors (Lipinski definition) is 6. The molecule has 0 aromatic rings. The molecule has 1 aliphatic rings. The Balaban J connectivity index is 2.63. The van der Waals surface area contributed by atoms with Crippen LogP contribution in [0.2, 0.25) is 0 Å². The SMILES string of the molecule is NC1C(O)OC(CO)C(O)[C@@H]1O. The fourth-order valence-electron chi connectivity index (χ4n) is 1.12. The first-order chi connectivity index (χ1) is 5.57. The van der Waals surface area contributed by atoms with Gasteiger partial charge in [-0.05, 0) is 0 Å². The second-order valence-corrected chi connectivity index (χ2v) is 2.81. The van der Waals surface area contributed by atoms with Gasteiger partial charge in [-0.2, -0.15) is 0 Å². The summed E-state index contributed by atoms with van der Waals surface area (Å²) in [6.07, 6.45) is -4.85. The lowest BCUT2D eigenvalue weighted by Crippen LogP contribution is -2.61. The van der Waals surface area contributed by atoms with E-state index in [1.54, 1.807) is 0 Å². The molecule has 6 N–H and O–H groups in total. The Morgan fingerprint density at radius 2 is 1.75 bits per heavy atom. The standard InChI is InChI=1S/C6H13NO5/c7-3-5(10)4(9)2(1-8)12-6(3)11/h2-6,8-11H,1,7H2/t2?,3?,4?,5-,6?/m1/s1. The van der Waals surface area contributed by atoms with Gasteiger partial charge in [0.1, 0.15) is 18.3 Å². The van der Waals surface area contributed by atoms with E-state index >= 15 is 0 Å². The number of aliphatic hydroxyl groups is 4. The fourth-order valence-corrected chi connectivity index (χ4v) is 1.12. The normalized spacial score (nSPS) is 49.2. The summed E-state index contributed by atoms with van der Waals surface area (Å²) >= 11 is 0. The second-order valence-electron chi connectivity index (χ2n) is 2.81. The average molecular weight is 179 g/mol. The van der Waals surface area contributed by atoms with E-state index in [1.807, 2.05) is 0 Å². The lowest BCUT2D eigenvalue weighted by Gasteiger charge is -2.38. The van der Waals surface area contributed by atoms with Crippen molar-refractivity contribution in [1.82, 2.24) is 0 Å². The molecule has 1 aliphatic heterocycles. The van der Waals surface area contributed by atoms with Gasteiger partial charge in [-0.15, -0.1) is 0 Å². The van der Waals surface area contributed by atoms with Gasteiger partial charge in [0.2, 0.25) is 0 Å².